The predicted octanol–water partition coefficient (Wildman–Crippen LogP) is 1.77. The number of aliphatic hydroxyl groups excluding tert-OH is 1. The third-order valence-electron chi connectivity index (χ3n) is 2.14. The maximum absolute atomic E-state index is 13.1. The van der Waals surface area contributed by atoms with E-state index < -0.39 is 11.9 Å². The zero-order valence-corrected chi connectivity index (χ0v) is 9.24. The van der Waals surface area contributed by atoms with Gasteiger partial charge in [-0.1, -0.05) is 4.49 Å². The molecule has 2 rings (SSSR count). The number of methoxy groups -OCH3 is 1. The summed E-state index contributed by atoms with van der Waals surface area (Å²) < 4.78 is 21.8. The fraction of sp³-hybridized carbons (Fsp3) is 0.200. The summed E-state index contributed by atoms with van der Waals surface area (Å²) >= 11 is 1.12. The fourth-order valence-electron chi connectivity index (χ4n) is 1.37. The van der Waals surface area contributed by atoms with Crippen LogP contribution in [0, 0.1) is 5.82 Å². The van der Waals surface area contributed by atoms with Crippen LogP contribution in [0.25, 0.3) is 0 Å². The number of aromatic nitrogens is 2. The molecule has 16 heavy (non-hydrogen) atoms. The van der Waals surface area contributed by atoms with Gasteiger partial charge in [0.1, 0.15) is 23.4 Å². The number of benzene rings is 1. The summed E-state index contributed by atoms with van der Waals surface area (Å²) in [5, 5.41) is 15.3. The Hall–Kier alpha value is -1.53. The quantitative estimate of drug-likeness (QED) is 0.888. The first-order valence-corrected chi connectivity index (χ1v) is 5.34. The Morgan fingerprint density at radius 3 is 2.94 bits per heavy atom. The van der Waals surface area contributed by atoms with Crippen LogP contribution in [0.15, 0.2) is 23.6 Å². The highest BCUT2D eigenvalue weighted by atomic mass is 32.1. The molecule has 0 fully saturated rings. The van der Waals surface area contributed by atoms with Crippen LogP contribution in [0.5, 0.6) is 5.75 Å². The van der Waals surface area contributed by atoms with Gasteiger partial charge in [-0.05, 0) is 29.7 Å². The lowest BCUT2D eigenvalue weighted by atomic mass is 10.1. The van der Waals surface area contributed by atoms with Gasteiger partial charge in [0.2, 0.25) is 0 Å². The van der Waals surface area contributed by atoms with Crippen molar-refractivity contribution in [1.82, 2.24) is 9.59 Å². The van der Waals surface area contributed by atoms with Gasteiger partial charge in [-0.3, -0.25) is 0 Å². The number of hydrogen-bond donors (Lipinski definition) is 1. The van der Waals surface area contributed by atoms with Crippen molar-refractivity contribution in [2.24, 2.45) is 0 Å². The van der Waals surface area contributed by atoms with Gasteiger partial charge in [-0.25, -0.2) is 4.39 Å². The van der Waals surface area contributed by atoms with Gasteiger partial charge in [-0.15, -0.1) is 5.10 Å². The highest BCUT2D eigenvalue weighted by Crippen LogP contribution is 2.29. The fourth-order valence-corrected chi connectivity index (χ4v) is 1.84. The lowest BCUT2D eigenvalue weighted by Gasteiger charge is -2.12. The number of halogens is 1. The zero-order chi connectivity index (χ0) is 11.5. The molecule has 1 heterocycles. The second kappa shape index (κ2) is 4.54. The molecule has 0 aliphatic carbocycles. The molecule has 1 unspecified atom stereocenters. The maximum atomic E-state index is 13.1. The first-order valence-electron chi connectivity index (χ1n) is 4.51. The summed E-state index contributed by atoms with van der Waals surface area (Å²) in [5.74, 6) is -0.0139. The van der Waals surface area contributed by atoms with Crippen molar-refractivity contribution in [3.8, 4) is 5.75 Å². The van der Waals surface area contributed by atoms with E-state index in [2.05, 4.69) is 9.59 Å². The topological polar surface area (TPSA) is 55.2 Å². The van der Waals surface area contributed by atoms with E-state index in [1.165, 1.54) is 25.3 Å². The molecular formula is C10H9FN2O2S. The van der Waals surface area contributed by atoms with E-state index in [0.29, 0.717) is 17.0 Å². The molecule has 6 heteroatoms. The van der Waals surface area contributed by atoms with Crippen LogP contribution in [0.2, 0.25) is 0 Å². The first-order chi connectivity index (χ1) is 7.72. The summed E-state index contributed by atoms with van der Waals surface area (Å²) in [6, 6.07) is 3.96. The molecule has 0 spiro atoms. The highest BCUT2D eigenvalue weighted by Gasteiger charge is 2.18. The lowest BCUT2D eigenvalue weighted by molar-refractivity contribution is 0.209. The number of rotatable bonds is 3. The SMILES string of the molecule is COc1ccc(F)cc1C(O)c1csnn1. The van der Waals surface area contributed by atoms with Gasteiger partial charge >= 0.3 is 0 Å². The van der Waals surface area contributed by atoms with E-state index in [1.807, 2.05) is 0 Å². The molecular weight excluding hydrogens is 231 g/mol. The van der Waals surface area contributed by atoms with Crippen LogP contribution in [-0.2, 0) is 0 Å². The summed E-state index contributed by atoms with van der Waals surface area (Å²) in [6.07, 6.45) is -1.02. The van der Waals surface area contributed by atoms with Gasteiger partial charge in [0.15, 0.2) is 0 Å². The molecule has 0 bridgehead atoms. The van der Waals surface area contributed by atoms with E-state index in [4.69, 9.17) is 4.74 Å². The Morgan fingerprint density at radius 1 is 1.50 bits per heavy atom. The first kappa shape index (κ1) is 11.0. The average molecular weight is 240 g/mol. The third-order valence-corrected chi connectivity index (χ3v) is 2.67. The highest BCUT2D eigenvalue weighted by molar-refractivity contribution is 7.03. The summed E-state index contributed by atoms with van der Waals surface area (Å²) in [6.45, 7) is 0. The number of hydrogen-bond acceptors (Lipinski definition) is 5. The van der Waals surface area contributed by atoms with Crippen LogP contribution in [0.3, 0.4) is 0 Å². The van der Waals surface area contributed by atoms with Crippen molar-refractivity contribution in [3.05, 3.63) is 40.7 Å². The molecule has 0 saturated carbocycles. The summed E-state index contributed by atoms with van der Waals surface area (Å²) in [7, 11) is 1.46. The molecule has 0 saturated heterocycles. The molecule has 1 N–H and O–H groups in total. The van der Waals surface area contributed by atoms with Crippen molar-refractivity contribution < 1.29 is 14.2 Å². The number of ether oxygens (including phenoxy) is 1. The third kappa shape index (κ3) is 2.02. The van der Waals surface area contributed by atoms with Crippen molar-refractivity contribution in [2.75, 3.05) is 7.11 Å². The summed E-state index contributed by atoms with van der Waals surface area (Å²) in [4.78, 5) is 0. The van der Waals surface area contributed by atoms with Gasteiger partial charge in [0.25, 0.3) is 0 Å². The smallest absolute Gasteiger partial charge is 0.127 e. The Bertz CT molecular complexity index is 476. The molecule has 2 aromatic rings. The van der Waals surface area contributed by atoms with Crippen molar-refractivity contribution in [1.29, 1.82) is 0 Å². The second-order valence-electron chi connectivity index (χ2n) is 3.12. The van der Waals surface area contributed by atoms with Gasteiger partial charge in [0.05, 0.1) is 7.11 Å². The Kier molecular flexibility index (Phi) is 3.12. The molecule has 1 aromatic carbocycles. The van der Waals surface area contributed by atoms with Crippen LogP contribution in [-0.4, -0.2) is 21.8 Å². The second-order valence-corrected chi connectivity index (χ2v) is 3.73. The number of aliphatic hydroxyl groups is 1. The number of nitrogens with zero attached hydrogens (tertiary/aromatic N) is 2. The monoisotopic (exact) mass is 240 g/mol. The van der Waals surface area contributed by atoms with E-state index >= 15 is 0 Å². The van der Waals surface area contributed by atoms with Gasteiger partial charge in [0, 0.05) is 10.9 Å². The molecule has 4 nitrogen and oxygen atoms in total. The molecule has 0 amide bonds. The van der Waals surface area contributed by atoms with Crippen LogP contribution in [0.1, 0.15) is 17.4 Å². The molecule has 0 aliphatic heterocycles. The maximum Gasteiger partial charge on any atom is 0.127 e. The Morgan fingerprint density at radius 2 is 2.31 bits per heavy atom. The standard InChI is InChI=1S/C10H9FN2O2S/c1-15-9-3-2-6(11)4-7(9)10(14)8-5-16-13-12-8/h2-5,10,14H,1H3. The Labute approximate surface area is 95.5 Å². The van der Waals surface area contributed by atoms with Crippen LogP contribution < -0.4 is 4.74 Å². The molecule has 1 atom stereocenters. The minimum atomic E-state index is -1.02. The van der Waals surface area contributed by atoms with E-state index in [0.717, 1.165) is 11.5 Å². The minimum absolute atomic E-state index is 0.343. The minimum Gasteiger partial charge on any atom is -0.496 e. The largest absolute Gasteiger partial charge is 0.496 e. The van der Waals surface area contributed by atoms with Crippen LogP contribution in [0.4, 0.5) is 4.39 Å². The van der Waals surface area contributed by atoms with E-state index in [1.54, 1.807) is 5.38 Å². The van der Waals surface area contributed by atoms with Crippen molar-refractivity contribution >= 4 is 11.5 Å². The molecule has 0 aliphatic rings. The van der Waals surface area contributed by atoms with Crippen LogP contribution >= 0.6 is 11.5 Å². The molecule has 0 radical (unpaired) electrons. The van der Waals surface area contributed by atoms with E-state index in [-0.39, 0.29) is 0 Å². The van der Waals surface area contributed by atoms with E-state index in [9.17, 15) is 9.50 Å². The summed E-state index contributed by atoms with van der Waals surface area (Å²) in [5.41, 5.74) is 0.726. The average Bonchev–Trinajstić information content (AvgIpc) is 2.81. The lowest BCUT2D eigenvalue weighted by Crippen LogP contribution is -2.03. The van der Waals surface area contributed by atoms with Crippen molar-refractivity contribution in [3.63, 3.8) is 0 Å². The molecule has 1 aromatic heterocycles. The normalized spacial score (nSPS) is 12.4. The predicted molar refractivity (Wildman–Crippen MR) is 56.9 cm³/mol. The zero-order valence-electron chi connectivity index (χ0n) is 8.42. The van der Waals surface area contributed by atoms with Gasteiger partial charge < -0.3 is 9.84 Å². The Balaban J connectivity index is 2.42. The molecule has 84 valence electrons. The van der Waals surface area contributed by atoms with Crippen molar-refractivity contribution in [2.45, 2.75) is 6.10 Å². The van der Waals surface area contributed by atoms with Gasteiger partial charge in [-0.2, -0.15) is 0 Å².